The number of hydrogen-bond acceptors (Lipinski definition) is 5. The molecule has 1 aromatic rings. The van der Waals surface area contributed by atoms with Crippen LogP contribution in [0.2, 0.25) is 0 Å². The van der Waals surface area contributed by atoms with Crippen LogP contribution in [-0.2, 0) is 4.74 Å². The molecule has 2 saturated heterocycles. The number of aromatic nitrogens is 1. The van der Waals surface area contributed by atoms with Crippen LogP contribution in [0.25, 0.3) is 0 Å². The maximum atomic E-state index is 13.8. The van der Waals surface area contributed by atoms with E-state index >= 15 is 0 Å². The molecule has 2 atom stereocenters. The van der Waals surface area contributed by atoms with E-state index in [9.17, 15) is 14.0 Å². The second kappa shape index (κ2) is 7.26. The van der Waals surface area contributed by atoms with Gasteiger partial charge in [0.15, 0.2) is 17.3 Å². The van der Waals surface area contributed by atoms with Crippen molar-refractivity contribution in [1.29, 1.82) is 5.26 Å². The molecule has 2 fully saturated rings. The number of halogens is 1. The number of rotatable bonds is 2. The standard InChI is InChI=1S/C20H24FN3O3/c1-20(2,3)27-19(26)24-14-5-4-6-15(24)8-12(7-14)18(25)13-9-16(21)17(10-22)23-11-13/h9,11-12,14-15H,4-8H2,1-3H3. The van der Waals surface area contributed by atoms with Gasteiger partial charge in [0.2, 0.25) is 0 Å². The summed E-state index contributed by atoms with van der Waals surface area (Å²) in [6.45, 7) is 5.51. The van der Waals surface area contributed by atoms with Crippen LogP contribution in [0.5, 0.6) is 0 Å². The van der Waals surface area contributed by atoms with Gasteiger partial charge in [0, 0.05) is 29.8 Å². The fourth-order valence-electron chi connectivity index (χ4n) is 4.10. The highest BCUT2D eigenvalue weighted by molar-refractivity contribution is 5.97. The first-order valence-electron chi connectivity index (χ1n) is 9.31. The lowest BCUT2D eigenvalue weighted by Crippen LogP contribution is -2.56. The monoisotopic (exact) mass is 373 g/mol. The van der Waals surface area contributed by atoms with Gasteiger partial charge in [0.1, 0.15) is 11.7 Å². The van der Waals surface area contributed by atoms with E-state index in [2.05, 4.69) is 4.98 Å². The van der Waals surface area contributed by atoms with Gasteiger partial charge in [-0.25, -0.2) is 14.2 Å². The number of piperidine rings is 2. The van der Waals surface area contributed by atoms with Gasteiger partial charge < -0.3 is 9.64 Å². The summed E-state index contributed by atoms with van der Waals surface area (Å²) in [5, 5.41) is 8.78. The minimum Gasteiger partial charge on any atom is -0.444 e. The Kier molecular flexibility index (Phi) is 5.18. The second-order valence-electron chi connectivity index (χ2n) is 8.32. The normalized spacial score (nSPS) is 24.9. The minimum absolute atomic E-state index is 0.0440. The number of pyridine rings is 1. The highest BCUT2D eigenvalue weighted by Gasteiger charge is 2.44. The number of amides is 1. The van der Waals surface area contributed by atoms with Crippen LogP contribution in [0.1, 0.15) is 68.9 Å². The third kappa shape index (κ3) is 4.10. The summed E-state index contributed by atoms with van der Waals surface area (Å²) in [7, 11) is 0. The Morgan fingerprint density at radius 1 is 1.30 bits per heavy atom. The Hall–Kier alpha value is -2.49. The van der Waals surface area contributed by atoms with E-state index in [4.69, 9.17) is 10.00 Å². The lowest BCUT2D eigenvalue weighted by molar-refractivity contribution is -0.0260. The Morgan fingerprint density at radius 2 is 1.93 bits per heavy atom. The number of ether oxygens (including phenoxy) is 1. The number of hydrogen-bond donors (Lipinski definition) is 0. The van der Waals surface area contributed by atoms with Gasteiger partial charge in [-0.15, -0.1) is 0 Å². The SMILES string of the molecule is CC(C)(C)OC(=O)N1C2CCCC1CC(C(=O)c1cnc(C#N)c(F)c1)C2. The smallest absolute Gasteiger partial charge is 0.410 e. The van der Waals surface area contributed by atoms with Gasteiger partial charge in [0.05, 0.1) is 0 Å². The largest absolute Gasteiger partial charge is 0.444 e. The fourth-order valence-corrected chi connectivity index (χ4v) is 4.10. The molecule has 2 unspecified atom stereocenters. The van der Waals surface area contributed by atoms with Crippen LogP contribution in [0.3, 0.4) is 0 Å². The molecule has 2 aliphatic rings. The fraction of sp³-hybridized carbons (Fsp3) is 0.600. The average Bonchev–Trinajstić information content (AvgIpc) is 2.58. The zero-order valence-corrected chi connectivity index (χ0v) is 15.9. The predicted octanol–water partition coefficient (Wildman–Crippen LogP) is 3.84. The molecular weight excluding hydrogens is 349 g/mol. The molecular formula is C20H24FN3O3. The molecule has 0 saturated carbocycles. The van der Waals surface area contributed by atoms with Gasteiger partial charge in [0.25, 0.3) is 0 Å². The quantitative estimate of drug-likeness (QED) is 0.736. The van der Waals surface area contributed by atoms with E-state index in [1.54, 1.807) is 11.0 Å². The molecule has 0 radical (unpaired) electrons. The van der Waals surface area contributed by atoms with Gasteiger partial charge in [-0.05, 0) is 58.9 Å². The Morgan fingerprint density at radius 3 is 2.44 bits per heavy atom. The van der Waals surface area contributed by atoms with Crippen molar-refractivity contribution in [3.63, 3.8) is 0 Å². The molecule has 2 aliphatic heterocycles. The van der Waals surface area contributed by atoms with E-state index in [1.807, 2.05) is 20.8 Å². The number of ketones is 1. The number of Topliss-reactive ketones (excluding diaryl/α,β-unsaturated/α-hetero) is 1. The molecule has 0 N–H and O–H groups in total. The summed E-state index contributed by atoms with van der Waals surface area (Å²) in [6.07, 6.45) is 4.70. The molecule has 0 aliphatic carbocycles. The van der Waals surface area contributed by atoms with Crippen LogP contribution < -0.4 is 0 Å². The molecule has 6 nitrogen and oxygen atoms in total. The van der Waals surface area contributed by atoms with Crippen molar-refractivity contribution in [1.82, 2.24) is 9.88 Å². The van der Waals surface area contributed by atoms with Crippen molar-refractivity contribution in [2.75, 3.05) is 0 Å². The first-order valence-corrected chi connectivity index (χ1v) is 9.31. The van der Waals surface area contributed by atoms with E-state index in [1.165, 1.54) is 6.20 Å². The topological polar surface area (TPSA) is 83.3 Å². The predicted molar refractivity (Wildman–Crippen MR) is 95.5 cm³/mol. The lowest BCUT2D eigenvalue weighted by atomic mass is 9.76. The lowest BCUT2D eigenvalue weighted by Gasteiger charge is -2.48. The average molecular weight is 373 g/mol. The molecule has 3 rings (SSSR count). The van der Waals surface area contributed by atoms with Crippen LogP contribution in [0.4, 0.5) is 9.18 Å². The number of nitriles is 1. The summed E-state index contributed by atoms with van der Waals surface area (Å²) >= 11 is 0. The number of carbonyl (C=O) groups is 2. The summed E-state index contributed by atoms with van der Waals surface area (Å²) in [4.78, 5) is 31.0. The van der Waals surface area contributed by atoms with Gasteiger partial charge in [-0.2, -0.15) is 5.26 Å². The van der Waals surface area contributed by atoms with Crippen molar-refractivity contribution >= 4 is 11.9 Å². The minimum atomic E-state index is -0.783. The van der Waals surface area contributed by atoms with Crippen LogP contribution >= 0.6 is 0 Å². The third-order valence-corrected chi connectivity index (χ3v) is 5.18. The van der Waals surface area contributed by atoms with E-state index < -0.39 is 11.4 Å². The highest BCUT2D eigenvalue weighted by atomic mass is 19.1. The number of nitrogens with zero attached hydrogens (tertiary/aromatic N) is 3. The molecule has 0 spiro atoms. The molecule has 144 valence electrons. The summed E-state index contributed by atoms with van der Waals surface area (Å²) < 4.78 is 19.4. The number of carbonyl (C=O) groups excluding carboxylic acids is 2. The first kappa shape index (κ1) is 19.3. The van der Waals surface area contributed by atoms with Crippen molar-refractivity contribution in [2.45, 2.75) is 70.6 Å². The van der Waals surface area contributed by atoms with Gasteiger partial charge in [-0.3, -0.25) is 4.79 Å². The third-order valence-electron chi connectivity index (χ3n) is 5.18. The molecule has 1 amide bonds. The van der Waals surface area contributed by atoms with Gasteiger partial charge in [-0.1, -0.05) is 0 Å². The van der Waals surface area contributed by atoms with Crippen LogP contribution in [-0.4, -0.2) is 39.4 Å². The molecule has 0 aromatic carbocycles. The Labute approximate surface area is 158 Å². The molecule has 3 heterocycles. The second-order valence-corrected chi connectivity index (χ2v) is 8.32. The first-order chi connectivity index (χ1) is 12.7. The zero-order valence-electron chi connectivity index (χ0n) is 15.9. The Balaban J connectivity index is 1.76. The van der Waals surface area contributed by atoms with Crippen molar-refractivity contribution in [3.05, 3.63) is 29.3 Å². The van der Waals surface area contributed by atoms with Crippen LogP contribution in [0, 0.1) is 23.1 Å². The molecule has 2 bridgehead atoms. The summed E-state index contributed by atoms with van der Waals surface area (Å²) in [6, 6.07) is 2.65. The maximum Gasteiger partial charge on any atom is 0.410 e. The van der Waals surface area contributed by atoms with E-state index in [0.717, 1.165) is 25.3 Å². The van der Waals surface area contributed by atoms with Crippen molar-refractivity contribution in [2.24, 2.45) is 5.92 Å². The van der Waals surface area contributed by atoms with Crippen molar-refractivity contribution < 1.29 is 18.7 Å². The Bertz CT molecular complexity index is 783. The molecule has 1 aromatic heterocycles. The molecule has 27 heavy (non-hydrogen) atoms. The van der Waals surface area contributed by atoms with Crippen LogP contribution in [0.15, 0.2) is 12.3 Å². The number of fused-ring (bicyclic) bond motifs is 2. The van der Waals surface area contributed by atoms with E-state index in [0.29, 0.717) is 12.8 Å². The molecule has 7 heteroatoms. The van der Waals surface area contributed by atoms with Gasteiger partial charge >= 0.3 is 6.09 Å². The van der Waals surface area contributed by atoms with Crippen molar-refractivity contribution in [3.8, 4) is 6.07 Å². The zero-order chi connectivity index (χ0) is 19.8. The van der Waals surface area contributed by atoms with E-state index in [-0.39, 0.29) is 41.1 Å². The summed E-state index contributed by atoms with van der Waals surface area (Å²) in [5.41, 5.74) is -0.701. The summed E-state index contributed by atoms with van der Waals surface area (Å²) in [5.74, 6) is -1.24. The maximum absolute atomic E-state index is 13.8. The highest BCUT2D eigenvalue weighted by Crippen LogP contribution is 2.39.